The highest BCUT2D eigenvalue weighted by Gasteiger charge is 2.59. The summed E-state index contributed by atoms with van der Waals surface area (Å²) in [4.78, 5) is 12.1. The molecule has 0 radical (unpaired) electrons. The molecule has 0 spiro atoms. The van der Waals surface area contributed by atoms with Gasteiger partial charge in [0.05, 0.1) is 13.2 Å². The van der Waals surface area contributed by atoms with Gasteiger partial charge in [-0.2, -0.15) is 0 Å². The molecule has 0 aromatic heterocycles. The molecular formula is C29H46O3. The van der Waals surface area contributed by atoms with Crippen LogP contribution in [0.5, 0.6) is 0 Å². The lowest BCUT2D eigenvalue weighted by molar-refractivity contribution is -0.117. The van der Waals surface area contributed by atoms with Crippen LogP contribution in [0.1, 0.15) is 98.3 Å². The third kappa shape index (κ3) is 3.84. The van der Waals surface area contributed by atoms with Crippen molar-refractivity contribution in [3.05, 3.63) is 11.6 Å². The first-order chi connectivity index (χ1) is 15.3. The van der Waals surface area contributed by atoms with E-state index in [4.69, 9.17) is 9.47 Å². The van der Waals surface area contributed by atoms with Crippen LogP contribution < -0.4 is 0 Å². The molecule has 0 bridgehead atoms. The molecule has 5 aliphatic rings. The number of hydrogen-bond donors (Lipinski definition) is 0. The highest BCUT2D eigenvalue weighted by Crippen LogP contribution is 2.67. The Labute approximate surface area is 196 Å². The lowest BCUT2D eigenvalue weighted by atomic mass is 9.46. The Hall–Kier alpha value is -0.670. The molecule has 3 heteroatoms. The van der Waals surface area contributed by atoms with Crippen LogP contribution in [0, 0.1) is 46.3 Å². The zero-order chi connectivity index (χ0) is 22.5. The van der Waals surface area contributed by atoms with Gasteiger partial charge in [0.2, 0.25) is 0 Å². The highest BCUT2D eigenvalue weighted by molar-refractivity contribution is 5.91. The fourth-order valence-electron chi connectivity index (χ4n) is 9.34. The Balaban J connectivity index is 1.22. The minimum absolute atomic E-state index is 0.0376. The third-order valence-corrected chi connectivity index (χ3v) is 11.2. The number of fused-ring (bicyclic) bond motifs is 5. The van der Waals surface area contributed by atoms with Gasteiger partial charge in [-0.05, 0) is 97.9 Å². The smallest absolute Gasteiger partial charge is 0.160 e. The molecule has 1 unspecified atom stereocenters. The average Bonchev–Trinajstić information content (AvgIpc) is 3.42. The van der Waals surface area contributed by atoms with E-state index in [1.165, 1.54) is 63.4 Å². The summed E-state index contributed by atoms with van der Waals surface area (Å²) in [7, 11) is 0. The van der Waals surface area contributed by atoms with Gasteiger partial charge in [-0.25, -0.2) is 0 Å². The molecule has 3 saturated carbocycles. The Morgan fingerprint density at radius 1 is 0.938 bits per heavy atom. The van der Waals surface area contributed by atoms with Gasteiger partial charge in [0.25, 0.3) is 0 Å². The van der Waals surface area contributed by atoms with E-state index in [-0.39, 0.29) is 6.29 Å². The van der Waals surface area contributed by atoms with Crippen LogP contribution in [0.4, 0.5) is 0 Å². The zero-order valence-corrected chi connectivity index (χ0v) is 21.0. The van der Waals surface area contributed by atoms with E-state index in [2.05, 4.69) is 33.8 Å². The van der Waals surface area contributed by atoms with Crippen LogP contribution in [0.15, 0.2) is 11.6 Å². The van der Waals surface area contributed by atoms with Crippen LogP contribution in [0.3, 0.4) is 0 Å². The largest absolute Gasteiger partial charge is 0.350 e. The summed E-state index contributed by atoms with van der Waals surface area (Å²) >= 11 is 0. The Morgan fingerprint density at radius 3 is 2.47 bits per heavy atom. The molecule has 0 amide bonds. The molecule has 0 aromatic rings. The second-order valence-corrected chi connectivity index (χ2v) is 12.7. The molecule has 8 atom stereocenters. The molecule has 32 heavy (non-hydrogen) atoms. The first-order valence-electron chi connectivity index (χ1n) is 13.8. The molecule has 4 aliphatic carbocycles. The minimum Gasteiger partial charge on any atom is -0.350 e. The predicted molar refractivity (Wildman–Crippen MR) is 128 cm³/mol. The summed E-state index contributed by atoms with van der Waals surface area (Å²) in [5.41, 5.74) is 2.35. The van der Waals surface area contributed by atoms with E-state index in [1.807, 2.05) is 0 Å². The van der Waals surface area contributed by atoms with Crippen molar-refractivity contribution in [1.29, 1.82) is 0 Å². The molecular weight excluding hydrogens is 396 g/mol. The molecule has 4 fully saturated rings. The van der Waals surface area contributed by atoms with E-state index in [1.54, 1.807) is 0 Å². The van der Waals surface area contributed by atoms with Gasteiger partial charge in [-0.1, -0.05) is 46.1 Å². The van der Waals surface area contributed by atoms with Gasteiger partial charge < -0.3 is 9.47 Å². The van der Waals surface area contributed by atoms with E-state index >= 15 is 0 Å². The number of hydrogen-bond acceptors (Lipinski definition) is 3. The lowest BCUT2D eigenvalue weighted by Gasteiger charge is -2.58. The van der Waals surface area contributed by atoms with Crippen molar-refractivity contribution < 1.29 is 14.3 Å². The van der Waals surface area contributed by atoms with Gasteiger partial charge in [0.15, 0.2) is 12.1 Å². The summed E-state index contributed by atoms with van der Waals surface area (Å²) < 4.78 is 11.4. The summed E-state index contributed by atoms with van der Waals surface area (Å²) in [5, 5.41) is 0. The van der Waals surface area contributed by atoms with Crippen molar-refractivity contribution >= 4 is 5.78 Å². The zero-order valence-electron chi connectivity index (χ0n) is 21.0. The fourth-order valence-corrected chi connectivity index (χ4v) is 9.34. The average molecular weight is 443 g/mol. The van der Waals surface area contributed by atoms with Crippen molar-refractivity contribution in [3.63, 3.8) is 0 Å². The predicted octanol–water partition coefficient (Wildman–Crippen LogP) is 6.95. The second kappa shape index (κ2) is 8.84. The molecule has 5 rings (SSSR count). The molecule has 3 nitrogen and oxygen atoms in total. The number of rotatable bonds is 6. The van der Waals surface area contributed by atoms with Gasteiger partial charge in [-0.15, -0.1) is 0 Å². The first-order valence-corrected chi connectivity index (χ1v) is 13.8. The summed E-state index contributed by atoms with van der Waals surface area (Å²) in [6.45, 7) is 11.6. The Bertz CT molecular complexity index is 737. The van der Waals surface area contributed by atoms with Crippen LogP contribution in [0.25, 0.3) is 0 Å². The van der Waals surface area contributed by atoms with Crippen molar-refractivity contribution in [2.45, 2.75) is 105 Å². The number of ketones is 1. The number of allylic oxidation sites excluding steroid dienone is 1. The SMILES string of the molecule is CC(CCC[C@@H](C)[C@H]1CC[C@H]2[C@@H]3CCC4=CC(=O)CC[C@]4(C)[C@H]3CC[C@]12C)C1OCCO1. The standard InChI is InChI=1S/C29H46O3/c1-19(6-5-7-20(2)27-31-16-17-32-27)24-10-11-25-23-9-8-21-18-22(30)12-14-28(21,3)26(23)13-15-29(24,25)4/h18-20,23-27H,5-17H2,1-4H3/t19-,20?,23+,24-,25+,26+,28+,29-/m1/s1. The van der Waals surface area contributed by atoms with Crippen LogP contribution in [-0.2, 0) is 14.3 Å². The maximum atomic E-state index is 12.1. The normalized spacial score (nSPS) is 43.9. The van der Waals surface area contributed by atoms with Crippen molar-refractivity contribution in [2.75, 3.05) is 13.2 Å². The van der Waals surface area contributed by atoms with Gasteiger partial charge in [-0.3, -0.25) is 4.79 Å². The monoisotopic (exact) mass is 442 g/mol. The summed E-state index contributed by atoms with van der Waals surface area (Å²) in [6, 6.07) is 0. The van der Waals surface area contributed by atoms with Crippen LogP contribution in [-0.4, -0.2) is 25.3 Å². The van der Waals surface area contributed by atoms with E-state index in [0.717, 1.165) is 55.6 Å². The molecule has 1 heterocycles. The van der Waals surface area contributed by atoms with Gasteiger partial charge in [0, 0.05) is 12.3 Å². The minimum atomic E-state index is 0.0376. The number of ether oxygens (including phenoxy) is 2. The fraction of sp³-hybridized carbons (Fsp3) is 0.897. The van der Waals surface area contributed by atoms with Crippen molar-refractivity contribution in [3.8, 4) is 0 Å². The van der Waals surface area contributed by atoms with Crippen LogP contribution in [0.2, 0.25) is 0 Å². The molecule has 0 aromatic carbocycles. The van der Waals surface area contributed by atoms with Crippen LogP contribution >= 0.6 is 0 Å². The second-order valence-electron chi connectivity index (χ2n) is 12.7. The van der Waals surface area contributed by atoms with Gasteiger partial charge in [0.1, 0.15) is 0 Å². The quantitative estimate of drug-likeness (QED) is 0.446. The first kappa shape index (κ1) is 23.1. The third-order valence-electron chi connectivity index (χ3n) is 11.2. The highest BCUT2D eigenvalue weighted by atomic mass is 16.7. The summed E-state index contributed by atoms with van der Waals surface area (Å²) in [5.74, 6) is 5.21. The molecule has 1 saturated heterocycles. The van der Waals surface area contributed by atoms with E-state index in [0.29, 0.717) is 22.5 Å². The Kier molecular flexibility index (Phi) is 6.38. The summed E-state index contributed by atoms with van der Waals surface area (Å²) in [6.07, 6.45) is 16.0. The lowest BCUT2D eigenvalue weighted by Crippen LogP contribution is -2.50. The topological polar surface area (TPSA) is 35.5 Å². The molecule has 1 aliphatic heterocycles. The van der Waals surface area contributed by atoms with E-state index in [9.17, 15) is 4.79 Å². The van der Waals surface area contributed by atoms with E-state index < -0.39 is 0 Å². The van der Waals surface area contributed by atoms with Gasteiger partial charge >= 0.3 is 0 Å². The maximum Gasteiger partial charge on any atom is 0.160 e. The van der Waals surface area contributed by atoms with Crippen molar-refractivity contribution in [2.24, 2.45) is 46.3 Å². The number of carbonyl (C=O) groups excluding carboxylic acids is 1. The maximum absolute atomic E-state index is 12.1. The Morgan fingerprint density at radius 2 is 1.69 bits per heavy atom. The number of carbonyl (C=O) groups is 1. The van der Waals surface area contributed by atoms with Crippen molar-refractivity contribution in [1.82, 2.24) is 0 Å². The molecule has 0 N–H and O–H groups in total. The molecule has 180 valence electrons.